The number of thiocarbonyl (C=S) groups is 1. The lowest BCUT2D eigenvalue weighted by molar-refractivity contribution is 0.880. The lowest BCUT2D eigenvalue weighted by atomic mass is 10.3. The van der Waals surface area contributed by atoms with Crippen LogP contribution < -0.4 is 0 Å². The minimum atomic E-state index is 0.447. The molecule has 0 fully saturated rings. The number of nitrogens with zero attached hydrogens (tertiary/aromatic N) is 3. The van der Waals surface area contributed by atoms with Crippen molar-refractivity contribution in [2.75, 3.05) is 6.54 Å². The van der Waals surface area contributed by atoms with Crippen molar-refractivity contribution < 1.29 is 0 Å². The molecule has 0 aliphatic carbocycles. The zero-order valence-electron chi connectivity index (χ0n) is 4.75. The third-order valence-electron chi connectivity index (χ3n) is 0.695. The van der Waals surface area contributed by atoms with Gasteiger partial charge in [-0.3, -0.25) is 0 Å². The molecule has 0 heterocycles. The van der Waals surface area contributed by atoms with E-state index in [9.17, 15) is 0 Å². The monoisotopic (exact) mass is 163 g/mol. The summed E-state index contributed by atoms with van der Waals surface area (Å²) < 4.78 is 0.447. The van der Waals surface area contributed by atoms with E-state index in [-0.39, 0.29) is 0 Å². The molecule has 0 saturated carbocycles. The Morgan fingerprint density at radius 3 is 2.89 bits per heavy atom. The average molecular weight is 164 g/mol. The third kappa shape index (κ3) is 7.69. The summed E-state index contributed by atoms with van der Waals surface area (Å²) in [5.74, 6) is 0. The molecule has 0 unspecified atom stereocenters. The lowest BCUT2D eigenvalue weighted by Crippen LogP contribution is -1.84. The maximum Gasteiger partial charge on any atom is 0.0808 e. The van der Waals surface area contributed by atoms with Crippen molar-refractivity contribution in [2.24, 2.45) is 5.11 Å². The van der Waals surface area contributed by atoms with Crippen LogP contribution in [0.5, 0.6) is 0 Å². The van der Waals surface area contributed by atoms with Crippen LogP contribution in [0.4, 0.5) is 0 Å². The molecule has 5 heteroatoms. The van der Waals surface area contributed by atoms with Gasteiger partial charge in [-0.1, -0.05) is 28.9 Å². The standard InChI is InChI=1S/C4H6ClN3S/c5-4(9)2-1-3-7-8-6/h1-3H2. The molecule has 0 spiro atoms. The Bertz CT molecular complexity index is 139. The van der Waals surface area contributed by atoms with Crippen LogP contribution in [-0.2, 0) is 0 Å². The molecule has 0 radical (unpaired) electrons. The first kappa shape index (κ1) is 8.69. The van der Waals surface area contributed by atoms with Crippen molar-refractivity contribution in [2.45, 2.75) is 12.8 Å². The molecular weight excluding hydrogens is 158 g/mol. The lowest BCUT2D eigenvalue weighted by Gasteiger charge is -1.88. The maximum absolute atomic E-state index is 7.82. The van der Waals surface area contributed by atoms with Crippen molar-refractivity contribution in [3.63, 3.8) is 0 Å². The Kier molecular flexibility index (Phi) is 5.62. The van der Waals surface area contributed by atoms with Crippen LogP contribution in [0.25, 0.3) is 10.4 Å². The topological polar surface area (TPSA) is 48.8 Å². The van der Waals surface area contributed by atoms with Gasteiger partial charge in [0, 0.05) is 11.5 Å². The van der Waals surface area contributed by atoms with Crippen LogP contribution in [-0.4, -0.2) is 10.9 Å². The minimum absolute atomic E-state index is 0.447. The number of hydrogen-bond acceptors (Lipinski definition) is 2. The molecule has 0 aliphatic rings. The van der Waals surface area contributed by atoms with E-state index in [1.807, 2.05) is 0 Å². The largest absolute Gasteiger partial charge is 0.0940 e. The third-order valence-corrected chi connectivity index (χ3v) is 1.09. The summed E-state index contributed by atoms with van der Waals surface area (Å²) in [6.07, 6.45) is 1.39. The van der Waals surface area contributed by atoms with E-state index in [0.29, 0.717) is 17.3 Å². The zero-order chi connectivity index (χ0) is 7.11. The van der Waals surface area contributed by atoms with E-state index in [1.165, 1.54) is 0 Å². The van der Waals surface area contributed by atoms with Gasteiger partial charge in [-0.25, -0.2) is 0 Å². The van der Waals surface area contributed by atoms with E-state index >= 15 is 0 Å². The molecule has 50 valence electrons. The van der Waals surface area contributed by atoms with Gasteiger partial charge in [-0.2, -0.15) is 0 Å². The predicted molar refractivity (Wildman–Crippen MR) is 41.7 cm³/mol. The summed E-state index contributed by atoms with van der Waals surface area (Å²) in [6, 6.07) is 0. The molecule has 0 rings (SSSR count). The molecule has 0 aliphatic heterocycles. The van der Waals surface area contributed by atoms with Gasteiger partial charge in [0.2, 0.25) is 0 Å². The normalized spacial score (nSPS) is 8.11. The second-order valence-corrected chi connectivity index (χ2v) is 2.59. The second-order valence-electron chi connectivity index (χ2n) is 1.41. The molecule has 0 aromatic carbocycles. The first-order chi connectivity index (χ1) is 4.27. The Balaban J connectivity index is 3.10. The van der Waals surface area contributed by atoms with Crippen molar-refractivity contribution >= 4 is 28.1 Å². The van der Waals surface area contributed by atoms with Gasteiger partial charge in [0.25, 0.3) is 0 Å². The van der Waals surface area contributed by atoms with Gasteiger partial charge in [0.15, 0.2) is 0 Å². The number of halogens is 1. The molecule has 9 heavy (non-hydrogen) atoms. The van der Waals surface area contributed by atoms with E-state index < -0.39 is 0 Å². The SMILES string of the molecule is [N-]=[N+]=NCCCC(=S)Cl. The highest BCUT2D eigenvalue weighted by Gasteiger charge is 1.88. The molecule has 0 aromatic heterocycles. The zero-order valence-corrected chi connectivity index (χ0v) is 6.32. The smallest absolute Gasteiger partial charge is 0.0808 e. The van der Waals surface area contributed by atoms with Crippen LogP contribution in [0.3, 0.4) is 0 Å². The van der Waals surface area contributed by atoms with Gasteiger partial charge >= 0.3 is 0 Å². The van der Waals surface area contributed by atoms with E-state index in [0.717, 1.165) is 6.42 Å². The summed E-state index contributed by atoms with van der Waals surface area (Å²) in [6.45, 7) is 0.476. The average Bonchev–Trinajstić information content (AvgIpc) is 1.80. The van der Waals surface area contributed by atoms with Crippen molar-refractivity contribution in [1.29, 1.82) is 0 Å². The first-order valence-electron chi connectivity index (χ1n) is 2.46. The highest BCUT2D eigenvalue weighted by atomic mass is 35.5. The molecular formula is C4H6ClN3S. The molecule has 0 aromatic rings. The van der Waals surface area contributed by atoms with Gasteiger partial charge in [-0.05, 0) is 18.4 Å². The molecule has 0 saturated heterocycles. The Labute approximate surface area is 63.6 Å². The summed E-state index contributed by atoms with van der Waals surface area (Å²) in [5.41, 5.74) is 7.82. The van der Waals surface area contributed by atoms with Crippen molar-refractivity contribution in [3.8, 4) is 0 Å². The first-order valence-corrected chi connectivity index (χ1v) is 3.25. The Morgan fingerprint density at radius 1 is 1.78 bits per heavy atom. The van der Waals surface area contributed by atoms with Crippen LogP contribution in [0.2, 0.25) is 0 Å². The molecule has 3 nitrogen and oxygen atoms in total. The minimum Gasteiger partial charge on any atom is -0.0940 e. The number of rotatable bonds is 4. The number of hydrogen-bond donors (Lipinski definition) is 0. The van der Waals surface area contributed by atoms with Gasteiger partial charge in [0.05, 0.1) is 4.32 Å². The van der Waals surface area contributed by atoms with Crippen LogP contribution in [0.15, 0.2) is 5.11 Å². The van der Waals surface area contributed by atoms with Gasteiger partial charge < -0.3 is 0 Å². The fourth-order valence-electron chi connectivity index (χ4n) is 0.333. The number of azide groups is 1. The van der Waals surface area contributed by atoms with Gasteiger partial charge in [0.1, 0.15) is 0 Å². The van der Waals surface area contributed by atoms with Gasteiger partial charge in [-0.15, -0.1) is 0 Å². The van der Waals surface area contributed by atoms with Crippen molar-refractivity contribution in [3.05, 3.63) is 10.4 Å². The fourth-order valence-corrected chi connectivity index (χ4v) is 0.611. The van der Waals surface area contributed by atoms with E-state index in [4.69, 9.17) is 17.1 Å². The summed E-state index contributed by atoms with van der Waals surface area (Å²) in [7, 11) is 0. The molecule has 0 N–H and O–H groups in total. The molecule has 0 amide bonds. The summed E-state index contributed by atoms with van der Waals surface area (Å²) in [5, 5.41) is 3.31. The Morgan fingerprint density at radius 2 is 2.44 bits per heavy atom. The highest BCUT2D eigenvalue weighted by Crippen LogP contribution is 1.97. The summed E-state index contributed by atoms with van der Waals surface area (Å²) in [4.78, 5) is 2.57. The van der Waals surface area contributed by atoms with Crippen LogP contribution in [0, 0.1) is 0 Å². The van der Waals surface area contributed by atoms with Crippen LogP contribution >= 0.6 is 23.8 Å². The molecule has 0 atom stereocenters. The van der Waals surface area contributed by atoms with E-state index in [2.05, 4.69) is 22.2 Å². The van der Waals surface area contributed by atoms with Crippen molar-refractivity contribution in [1.82, 2.24) is 0 Å². The molecule has 0 bridgehead atoms. The Hall–Kier alpha value is -0.310. The van der Waals surface area contributed by atoms with Crippen LogP contribution in [0.1, 0.15) is 12.8 Å². The summed E-state index contributed by atoms with van der Waals surface area (Å²) >= 11 is 9.93. The highest BCUT2D eigenvalue weighted by molar-refractivity contribution is 7.83. The quantitative estimate of drug-likeness (QED) is 0.157. The van der Waals surface area contributed by atoms with E-state index in [1.54, 1.807) is 0 Å². The predicted octanol–water partition coefficient (Wildman–Crippen LogP) is 2.64. The fraction of sp³-hybridized carbons (Fsp3) is 0.750. The second kappa shape index (κ2) is 5.82. The maximum atomic E-state index is 7.82.